The summed E-state index contributed by atoms with van der Waals surface area (Å²) in [7, 11) is -3.42. The fraction of sp³-hybridized carbons (Fsp3) is 0.148. The summed E-state index contributed by atoms with van der Waals surface area (Å²) in [6.45, 7) is 4.00. The van der Waals surface area contributed by atoms with Gasteiger partial charge in [-0.1, -0.05) is 24.1 Å². The van der Waals surface area contributed by atoms with E-state index < -0.39 is 15.1 Å². The average molecular weight is 489 g/mol. The lowest BCUT2D eigenvalue weighted by Crippen LogP contribution is -2.13. The first-order valence-corrected chi connectivity index (χ1v) is 12.3. The van der Waals surface area contributed by atoms with E-state index in [-0.39, 0.29) is 11.5 Å². The molecule has 8 heteroatoms. The molecule has 0 fully saturated rings. The van der Waals surface area contributed by atoms with E-state index in [1.54, 1.807) is 24.3 Å². The van der Waals surface area contributed by atoms with Crippen LogP contribution in [0, 0.1) is 12.3 Å². The van der Waals surface area contributed by atoms with Gasteiger partial charge in [-0.15, -0.1) is 10.3 Å². The van der Waals surface area contributed by atoms with Crippen LogP contribution in [0.4, 0.5) is 3.89 Å². The van der Waals surface area contributed by atoms with Crippen molar-refractivity contribution in [1.82, 2.24) is 9.55 Å². The second-order valence-electron chi connectivity index (χ2n) is 8.58. The highest BCUT2D eigenvalue weighted by Crippen LogP contribution is 2.37. The lowest BCUT2D eigenvalue weighted by molar-refractivity contribution is 0.417. The van der Waals surface area contributed by atoms with Gasteiger partial charge in [0.15, 0.2) is 5.43 Å². The maximum absolute atomic E-state index is 13.7. The van der Waals surface area contributed by atoms with Crippen molar-refractivity contribution in [3.63, 3.8) is 0 Å². The number of terminal acetylenes is 1. The van der Waals surface area contributed by atoms with Crippen molar-refractivity contribution >= 4 is 43.1 Å². The highest BCUT2D eigenvalue weighted by atomic mass is 32.3. The van der Waals surface area contributed by atoms with Crippen molar-refractivity contribution in [3.05, 3.63) is 70.4 Å². The molecule has 0 aliphatic heterocycles. The monoisotopic (exact) mass is 488 g/mol. The molecule has 0 bridgehead atoms. The summed E-state index contributed by atoms with van der Waals surface area (Å²) >= 11 is 0. The van der Waals surface area contributed by atoms with Crippen molar-refractivity contribution in [1.29, 1.82) is 0 Å². The van der Waals surface area contributed by atoms with E-state index in [4.69, 9.17) is 11.2 Å². The number of hydrogen-bond donors (Lipinski definition) is 1. The molecule has 0 aliphatic carbocycles. The van der Waals surface area contributed by atoms with E-state index in [0.717, 1.165) is 10.9 Å². The third-order valence-electron chi connectivity index (χ3n) is 6.18. The predicted octanol–water partition coefficient (Wildman–Crippen LogP) is 5.53. The van der Waals surface area contributed by atoms with Gasteiger partial charge >= 0.3 is 10.2 Å². The lowest BCUT2D eigenvalue weighted by atomic mass is 10.0. The molecule has 0 saturated carbocycles. The maximum atomic E-state index is 13.7. The molecule has 0 radical (unpaired) electrons. The Bertz CT molecular complexity index is 1880. The van der Waals surface area contributed by atoms with Gasteiger partial charge in [-0.3, -0.25) is 4.79 Å². The Morgan fingerprint density at radius 3 is 2.51 bits per heavy atom. The smallest absolute Gasteiger partial charge is 0.332 e. The number of pyridine rings is 1. The quantitative estimate of drug-likeness (QED) is 0.266. The maximum Gasteiger partial charge on any atom is 0.332 e. The van der Waals surface area contributed by atoms with Gasteiger partial charge in [0.25, 0.3) is 0 Å². The summed E-state index contributed by atoms with van der Waals surface area (Å²) in [5.74, 6) is 2.98. The van der Waals surface area contributed by atoms with Crippen molar-refractivity contribution in [3.8, 4) is 29.2 Å². The van der Waals surface area contributed by atoms with E-state index in [9.17, 15) is 17.1 Å². The van der Waals surface area contributed by atoms with Crippen LogP contribution in [0.1, 0.15) is 25.5 Å². The van der Waals surface area contributed by atoms with Crippen LogP contribution in [-0.4, -0.2) is 25.1 Å². The number of benzene rings is 3. The molecule has 0 aliphatic rings. The number of aromatic amines is 1. The Morgan fingerprint density at radius 2 is 1.86 bits per heavy atom. The van der Waals surface area contributed by atoms with Gasteiger partial charge < -0.3 is 14.3 Å². The summed E-state index contributed by atoms with van der Waals surface area (Å²) in [4.78, 5) is 16.6. The molecule has 3 aromatic carbocycles. The summed E-state index contributed by atoms with van der Waals surface area (Å²) < 4.78 is 44.3. The zero-order valence-electron chi connectivity index (χ0n) is 19.2. The van der Waals surface area contributed by atoms with E-state index >= 15 is 0 Å². The molecule has 176 valence electrons. The van der Waals surface area contributed by atoms with Gasteiger partial charge in [0.05, 0.1) is 28.3 Å². The van der Waals surface area contributed by atoms with Crippen molar-refractivity contribution in [2.45, 2.75) is 24.8 Å². The minimum atomic E-state index is -4.89. The van der Waals surface area contributed by atoms with E-state index in [2.05, 4.69) is 10.9 Å². The van der Waals surface area contributed by atoms with Crippen LogP contribution in [0.3, 0.4) is 0 Å². The van der Waals surface area contributed by atoms with Crippen LogP contribution in [0.2, 0.25) is 0 Å². The predicted molar refractivity (Wildman–Crippen MR) is 136 cm³/mol. The molecule has 1 N–H and O–H groups in total. The Hall–Kier alpha value is -4.09. The van der Waals surface area contributed by atoms with Crippen molar-refractivity contribution < 1.29 is 17.0 Å². The van der Waals surface area contributed by atoms with E-state index in [1.165, 1.54) is 25.3 Å². The largest absolute Gasteiger partial charge is 0.496 e. The second kappa shape index (κ2) is 8.00. The Kier molecular flexibility index (Phi) is 5.18. The third kappa shape index (κ3) is 3.56. The van der Waals surface area contributed by atoms with Gasteiger partial charge in [0.1, 0.15) is 11.4 Å². The Labute approximate surface area is 201 Å². The van der Waals surface area contributed by atoms with Gasteiger partial charge in [0.2, 0.25) is 0 Å². The molecule has 2 heterocycles. The zero-order chi connectivity index (χ0) is 25.1. The summed E-state index contributed by atoms with van der Waals surface area (Å²) in [5.41, 5.74) is 3.54. The molecule has 0 spiro atoms. The molecule has 6 nitrogen and oxygen atoms in total. The molecule has 2 aromatic heterocycles. The zero-order valence-corrected chi connectivity index (χ0v) is 20.0. The van der Waals surface area contributed by atoms with Crippen LogP contribution in [0.15, 0.2) is 64.3 Å². The number of halogens is 1. The molecule has 0 saturated heterocycles. The molecular formula is C27H21FN2O4S. The van der Waals surface area contributed by atoms with Gasteiger partial charge in [-0.2, -0.15) is 8.42 Å². The Balaban J connectivity index is 1.93. The number of fused-ring (bicyclic) bond motifs is 4. The topological polar surface area (TPSA) is 81.2 Å². The molecule has 0 unspecified atom stereocenters. The number of nitrogens with zero attached hydrogens (tertiary/aromatic N) is 1. The fourth-order valence-electron chi connectivity index (χ4n) is 4.63. The first-order valence-electron chi connectivity index (χ1n) is 10.9. The molecule has 5 aromatic rings. The van der Waals surface area contributed by atoms with Gasteiger partial charge in [-0.05, 0) is 55.8 Å². The van der Waals surface area contributed by atoms with Crippen LogP contribution in [0.5, 0.6) is 5.75 Å². The SMILES string of the molecule is C#Cc1ccc2c(c1)[nH]c1c2c(=O)c2cc(OC)c(-c3cccc(S(=O)(=O)F)c3)cc2n1C(C)C. The summed E-state index contributed by atoms with van der Waals surface area (Å²) in [6, 6.07) is 14.4. The molecule has 5 rings (SSSR count). The average Bonchev–Trinajstić information content (AvgIpc) is 3.21. The highest BCUT2D eigenvalue weighted by Gasteiger charge is 2.21. The molecule has 35 heavy (non-hydrogen) atoms. The van der Waals surface area contributed by atoms with E-state index in [0.29, 0.717) is 44.4 Å². The lowest BCUT2D eigenvalue weighted by Gasteiger charge is -2.19. The summed E-state index contributed by atoms with van der Waals surface area (Å²) in [5, 5.41) is 1.76. The normalized spacial score (nSPS) is 12.0. The number of nitrogens with one attached hydrogen (secondary N) is 1. The Morgan fingerprint density at radius 1 is 1.09 bits per heavy atom. The van der Waals surface area contributed by atoms with Gasteiger partial charge in [-0.25, -0.2) is 0 Å². The number of ether oxygens (including phenoxy) is 1. The first kappa shape index (κ1) is 22.7. The van der Waals surface area contributed by atoms with Gasteiger partial charge in [0, 0.05) is 28.1 Å². The molecule has 0 atom stereocenters. The highest BCUT2D eigenvalue weighted by molar-refractivity contribution is 7.86. The van der Waals surface area contributed by atoms with Crippen molar-refractivity contribution in [2.75, 3.05) is 7.11 Å². The number of H-pyrrole nitrogens is 1. The fourth-order valence-corrected chi connectivity index (χ4v) is 5.14. The van der Waals surface area contributed by atoms with Crippen molar-refractivity contribution in [2.24, 2.45) is 0 Å². The second-order valence-corrected chi connectivity index (χ2v) is 9.93. The van der Waals surface area contributed by atoms with Crippen LogP contribution >= 0.6 is 0 Å². The standard InChI is InChI=1S/C27H21FN2O4S/c1-5-16-9-10-19-22(11-16)29-27-25(19)26(31)21-14-24(34-4)20(13-23(21)30(27)15(2)3)17-7-6-8-18(12-17)35(28,32)33/h1,6-15,29H,2-4H3. The van der Waals surface area contributed by atoms with Crippen LogP contribution in [0.25, 0.3) is 44.0 Å². The number of hydrogen-bond acceptors (Lipinski definition) is 4. The number of rotatable bonds is 4. The van der Waals surface area contributed by atoms with Crippen LogP contribution < -0.4 is 10.2 Å². The molecular weight excluding hydrogens is 467 g/mol. The number of methoxy groups -OCH3 is 1. The minimum absolute atomic E-state index is 0.0421. The first-order chi connectivity index (χ1) is 16.6. The number of aromatic nitrogens is 2. The molecule has 0 amide bonds. The minimum Gasteiger partial charge on any atom is -0.496 e. The summed E-state index contributed by atoms with van der Waals surface area (Å²) in [6.07, 6.45) is 5.56. The van der Waals surface area contributed by atoms with Crippen LogP contribution in [-0.2, 0) is 10.2 Å². The third-order valence-corrected chi connectivity index (χ3v) is 7.00. The van der Waals surface area contributed by atoms with E-state index in [1.807, 2.05) is 30.5 Å².